The van der Waals surface area contributed by atoms with Gasteiger partial charge in [-0.3, -0.25) is 4.79 Å². The Hall–Kier alpha value is -2.89. The first kappa shape index (κ1) is 13.5. The fourth-order valence-electron chi connectivity index (χ4n) is 3.68. The molecule has 0 radical (unpaired) electrons. The lowest BCUT2D eigenvalue weighted by atomic mass is 9.76. The Morgan fingerprint density at radius 3 is 2.50 bits per heavy atom. The highest BCUT2D eigenvalue weighted by atomic mass is 16.7. The Bertz CT molecular complexity index is 828. The van der Waals surface area contributed by atoms with Crippen molar-refractivity contribution in [3.63, 3.8) is 0 Å². The molecule has 0 spiro atoms. The fraction of sp³-hybridized carbons (Fsp3) is 0.278. The molecule has 3 aliphatic rings. The van der Waals surface area contributed by atoms with E-state index in [1.807, 2.05) is 24.3 Å². The average molecular weight is 326 g/mol. The van der Waals surface area contributed by atoms with E-state index in [0.29, 0.717) is 17.2 Å². The van der Waals surface area contributed by atoms with Crippen LogP contribution in [-0.4, -0.2) is 30.6 Å². The Morgan fingerprint density at radius 2 is 1.71 bits per heavy atom. The zero-order valence-electron chi connectivity index (χ0n) is 12.6. The van der Waals surface area contributed by atoms with Crippen LogP contribution in [0.4, 0.5) is 0 Å². The second-order valence-corrected chi connectivity index (χ2v) is 6.12. The van der Waals surface area contributed by atoms with Gasteiger partial charge in [0.1, 0.15) is 30.1 Å². The van der Waals surface area contributed by atoms with Gasteiger partial charge in [-0.25, -0.2) is 0 Å². The third kappa shape index (κ3) is 1.86. The lowest BCUT2D eigenvalue weighted by molar-refractivity contribution is -0.141. The molecule has 0 amide bonds. The normalized spacial score (nSPS) is 26.3. The quantitative estimate of drug-likeness (QED) is 0.810. The molecule has 2 aromatic carbocycles. The summed E-state index contributed by atoms with van der Waals surface area (Å²) >= 11 is 0. The summed E-state index contributed by atoms with van der Waals surface area (Å²) < 4.78 is 22.1. The van der Waals surface area contributed by atoms with Gasteiger partial charge in [0.15, 0.2) is 11.5 Å². The number of phenolic OH excluding ortho intramolecular Hbond substituents is 1. The Kier molecular flexibility index (Phi) is 2.71. The maximum Gasteiger partial charge on any atom is 0.313 e. The molecule has 2 aromatic rings. The monoisotopic (exact) mass is 326 g/mol. The van der Waals surface area contributed by atoms with Gasteiger partial charge in [-0.1, -0.05) is 12.1 Å². The number of esters is 1. The van der Waals surface area contributed by atoms with Crippen LogP contribution in [0, 0.1) is 5.92 Å². The average Bonchev–Trinajstić information content (AvgIpc) is 3.18. The van der Waals surface area contributed by atoms with Crippen molar-refractivity contribution >= 4 is 5.97 Å². The maximum atomic E-state index is 12.3. The summed E-state index contributed by atoms with van der Waals surface area (Å²) in [5.74, 6) is 1.25. The molecule has 6 nitrogen and oxygen atoms in total. The van der Waals surface area contributed by atoms with Gasteiger partial charge < -0.3 is 24.1 Å². The van der Waals surface area contributed by atoms with Gasteiger partial charge in [0.25, 0.3) is 0 Å². The van der Waals surface area contributed by atoms with Crippen molar-refractivity contribution in [2.45, 2.75) is 12.0 Å². The van der Waals surface area contributed by atoms with Crippen LogP contribution in [-0.2, 0) is 9.53 Å². The van der Waals surface area contributed by atoms with E-state index < -0.39 is 5.92 Å². The van der Waals surface area contributed by atoms with Crippen LogP contribution in [0.15, 0.2) is 36.4 Å². The molecule has 3 heterocycles. The van der Waals surface area contributed by atoms with Gasteiger partial charge in [0, 0.05) is 17.5 Å². The van der Waals surface area contributed by atoms with Gasteiger partial charge >= 0.3 is 5.97 Å². The van der Waals surface area contributed by atoms with Crippen LogP contribution in [0.3, 0.4) is 0 Å². The number of phenols is 1. The van der Waals surface area contributed by atoms with Gasteiger partial charge in [0.05, 0.1) is 0 Å². The van der Waals surface area contributed by atoms with E-state index in [-0.39, 0.29) is 37.1 Å². The number of hydrogen-bond acceptors (Lipinski definition) is 6. The van der Waals surface area contributed by atoms with Crippen molar-refractivity contribution in [2.75, 3.05) is 13.4 Å². The van der Waals surface area contributed by atoms with E-state index in [1.54, 1.807) is 12.1 Å². The van der Waals surface area contributed by atoms with Crippen molar-refractivity contribution in [3.8, 4) is 23.0 Å². The lowest BCUT2D eigenvalue weighted by Gasteiger charge is -2.33. The zero-order valence-corrected chi connectivity index (χ0v) is 12.6. The molecule has 3 aliphatic heterocycles. The Balaban J connectivity index is 1.70. The van der Waals surface area contributed by atoms with Crippen LogP contribution in [0.1, 0.15) is 17.0 Å². The summed E-state index contributed by atoms with van der Waals surface area (Å²) in [6.45, 7) is 0.420. The number of rotatable bonds is 1. The fourth-order valence-corrected chi connectivity index (χ4v) is 3.68. The van der Waals surface area contributed by atoms with Crippen LogP contribution in [0.25, 0.3) is 0 Å². The number of benzene rings is 2. The number of carbonyl (C=O) groups is 1. The van der Waals surface area contributed by atoms with Gasteiger partial charge in [-0.05, 0) is 23.8 Å². The topological polar surface area (TPSA) is 74.2 Å². The third-order valence-electron chi connectivity index (χ3n) is 4.79. The minimum Gasteiger partial charge on any atom is -0.508 e. The molecule has 0 saturated carbocycles. The molecule has 1 fully saturated rings. The van der Waals surface area contributed by atoms with E-state index in [2.05, 4.69) is 0 Å². The van der Waals surface area contributed by atoms with E-state index in [1.165, 1.54) is 0 Å². The zero-order chi connectivity index (χ0) is 16.3. The molecule has 0 aromatic heterocycles. The minimum absolute atomic E-state index is 0.178. The second kappa shape index (κ2) is 4.80. The molecular weight excluding hydrogens is 312 g/mol. The molecule has 122 valence electrons. The summed E-state index contributed by atoms with van der Waals surface area (Å²) in [7, 11) is 0. The van der Waals surface area contributed by atoms with E-state index >= 15 is 0 Å². The Labute approximate surface area is 137 Å². The highest BCUT2D eigenvalue weighted by molar-refractivity contribution is 5.79. The summed E-state index contributed by atoms with van der Waals surface area (Å²) in [6.07, 6.45) is -0.329. The number of fused-ring (bicyclic) bond motifs is 3. The predicted molar refractivity (Wildman–Crippen MR) is 81.4 cm³/mol. The largest absolute Gasteiger partial charge is 0.508 e. The highest BCUT2D eigenvalue weighted by Gasteiger charge is 2.49. The predicted octanol–water partition coefficient (Wildman–Crippen LogP) is 2.19. The van der Waals surface area contributed by atoms with Crippen molar-refractivity contribution in [3.05, 3.63) is 47.5 Å². The Morgan fingerprint density at radius 1 is 0.958 bits per heavy atom. The van der Waals surface area contributed by atoms with Gasteiger partial charge in [-0.2, -0.15) is 0 Å². The standard InChI is InChI=1S/C18H14O6/c19-10-3-1-9(2-4-10)16-11-5-13-14(23-8-22-13)6-12(11)24-15-7-21-18(20)17(15)16/h1-6,15-17,19H,7-8H2. The van der Waals surface area contributed by atoms with Crippen molar-refractivity contribution in [1.82, 2.24) is 0 Å². The second-order valence-electron chi connectivity index (χ2n) is 6.12. The minimum atomic E-state index is -0.414. The number of aromatic hydroxyl groups is 1. The summed E-state index contributed by atoms with van der Waals surface area (Å²) in [5.41, 5.74) is 1.79. The maximum absolute atomic E-state index is 12.3. The van der Waals surface area contributed by atoms with Gasteiger partial charge in [-0.15, -0.1) is 0 Å². The number of ether oxygens (including phenoxy) is 4. The first-order valence-corrected chi connectivity index (χ1v) is 7.76. The van der Waals surface area contributed by atoms with Crippen molar-refractivity contribution in [1.29, 1.82) is 0 Å². The van der Waals surface area contributed by atoms with E-state index in [9.17, 15) is 9.90 Å². The van der Waals surface area contributed by atoms with Crippen LogP contribution in [0.2, 0.25) is 0 Å². The first-order chi connectivity index (χ1) is 11.7. The summed E-state index contributed by atoms with van der Waals surface area (Å²) in [6, 6.07) is 10.6. The SMILES string of the molecule is O=C1OCC2Oc3cc4c(cc3C(c3ccc(O)cc3)C12)OCO4. The number of cyclic esters (lactones) is 1. The molecule has 6 heteroatoms. The molecule has 0 bridgehead atoms. The third-order valence-corrected chi connectivity index (χ3v) is 4.79. The van der Waals surface area contributed by atoms with Crippen LogP contribution >= 0.6 is 0 Å². The lowest BCUT2D eigenvalue weighted by Crippen LogP contribution is -2.37. The molecule has 24 heavy (non-hydrogen) atoms. The van der Waals surface area contributed by atoms with Gasteiger partial charge in [0.2, 0.25) is 6.79 Å². The number of carbonyl (C=O) groups excluding carboxylic acids is 1. The molecule has 1 N–H and O–H groups in total. The van der Waals surface area contributed by atoms with E-state index in [0.717, 1.165) is 11.1 Å². The van der Waals surface area contributed by atoms with Crippen LogP contribution in [0.5, 0.6) is 23.0 Å². The van der Waals surface area contributed by atoms with Crippen molar-refractivity contribution < 1.29 is 28.8 Å². The number of hydrogen-bond donors (Lipinski definition) is 1. The summed E-state index contributed by atoms with van der Waals surface area (Å²) in [4.78, 5) is 12.3. The van der Waals surface area contributed by atoms with Crippen LogP contribution < -0.4 is 14.2 Å². The van der Waals surface area contributed by atoms with Crippen molar-refractivity contribution in [2.24, 2.45) is 5.92 Å². The molecule has 3 atom stereocenters. The summed E-state index contributed by atoms with van der Waals surface area (Å²) in [5, 5.41) is 9.56. The first-order valence-electron chi connectivity index (χ1n) is 7.76. The smallest absolute Gasteiger partial charge is 0.313 e. The molecule has 1 saturated heterocycles. The highest BCUT2D eigenvalue weighted by Crippen LogP contribution is 2.50. The molecule has 3 unspecified atom stereocenters. The van der Waals surface area contributed by atoms with E-state index in [4.69, 9.17) is 18.9 Å². The molecular formula is C18H14O6. The molecule has 5 rings (SSSR count). The molecule has 0 aliphatic carbocycles.